The summed E-state index contributed by atoms with van der Waals surface area (Å²) in [5.41, 5.74) is 0.962. The molecule has 1 rings (SSSR count). The van der Waals surface area contributed by atoms with Crippen LogP contribution in [0.2, 0.25) is 0 Å². The summed E-state index contributed by atoms with van der Waals surface area (Å²) in [6.45, 7) is 4.94. The summed E-state index contributed by atoms with van der Waals surface area (Å²) >= 11 is 1.02. The van der Waals surface area contributed by atoms with Gasteiger partial charge in [-0.05, 0) is 20.8 Å². The van der Waals surface area contributed by atoms with Gasteiger partial charge in [-0.3, -0.25) is 9.59 Å². The van der Waals surface area contributed by atoms with Crippen LogP contribution in [0.3, 0.4) is 0 Å². The average molecular weight is 228 g/mol. The Bertz CT molecular complexity index is 441. The summed E-state index contributed by atoms with van der Waals surface area (Å²) in [6, 6.07) is 0. The smallest absolute Gasteiger partial charge is 0.316 e. The van der Waals surface area contributed by atoms with Crippen molar-refractivity contribution in [2.75, 3.05) is 0 Å². The molecule has 0 saturated carbocycles. The molecular formula is C9H12N2O3S. The zero-order chi connectivity index (χ0) is 11.6. The molecule has 0 fully saturated rings. The Morgan fingerprint density at radius 3 is 2.60 bits per heavy atom. The largest absolute Gasteiger partial charge is 0.480 e. The van der Waals surface area contributed by atoms with Gasteiger partial charge in [0.1, 0.15) is 5.25 Å². The van der Waals surface area contributed by atoms with Crippen molar-refractivity contribution in [1.82, 2.24) is 9.97 Å². The van der Waals surface area contributed by atoms with Crippen LogP contribution in [0, 0.1) is 13.8 Å². The maximum absolute atomic E-state index is 11.4. The van der Waals surface area contributed by atoms with Crippen molar-refractivity contribution in [3.63, 3.8) is 0 Å². The number of rotatable bonds is 3. The second kappa shape index (κ2) is 4.48. The van der Waals surface area contributed by atoms with Crippen molar-refractivity contribution in [2.45, 2.75) is 31.2 Å². The molecule has 0 aliphatic rings. The van der Waals surface area contributed by atoms with Crippen LogP contribution in [0.15, 0.2) is 9.95 Å². The Morgan fingerprint density at radius 2 is 2.13 bits per heavy atom. The Morgan fingerprint density at radius 1 is 1.53 bits per heavy atom. The highest BCUT2D eigenvalue weighted by molar-refractivity contribution is 8.00. The molecule has 0 bridgehead atoms. The minimum absolute atomic E-state index is 0.220. The quantitative estimate of drug-likeness (QED) is 0.594. The van der Waals surface area contributed by atoms with E-state index in [2.05, 4.69) is 9.97 Å². The fourth-order valence-electron chi connectivity index (χ4n) is 0.893. The van der Waals surface area contributed by atoms with Crippen LogP contribution >= 0.6 is 11.8 Å². The first kappa shape index (κ1) is 11.8. The average Bonchev–Trinajstić information content (AvgIpc) is 2.13. The molecule has 1 atom stereocenters. The molecule has 0 aromatic carbocycles. The van der Waals surface area contributed by atoms with E-state index >= 15 is 0 Å². The third kappa shape index (κ3) is 2.82. The third-order valence-corrected chi connectivity index (χ3v) is 2.98. The standard InChI is InChI=1S/C9H12N2O3S/c1-4-5(2)10-9(11-7(4)12)15-6(3)8(13)14/h6H,1-3H3,(H,13,14)(H,10,11,12)/t6-/m1/s1. The van der Waals surface area contributed by atoms with Gasteiger partial charge in [-0.25, -0.2) is 4.98 Å². The molecule has 1 heterocycles. The van der Waals surface area contributed by atoms with Gasteiger partial charge in [0.05, 0.1) is 0 Å². The highest BCUT2D eigenvalue weighted by Gasteiger charge is 2.14. The van der Waals surface area contributed by atoms with Crippen molar-refractivity contribution >= 4 is 17.7 Å². The van der Waals surface area contributed by atoms with E-state index < -0.39 is 11.2 Å². The van der Waals surface area contributed by atoms with E-state index in [1.807, 2.05) is 0 Å². The Labute approximate surface area is 90.9 Å². The highest BCUT2D eigenvalue weighted by Crippen LogP contribution is 2.18. The van der Waals surface area contributed by atoms with Crippen LogP contribution in [-0.2, 0) is 4.79 Å². The topological polar surface area (TPSA) is 83.0 Å². The Kier molecular flexibility index (Phi) is 3.52. The number of carbonyl (C=O) groups is 1. The number of hydrogen-bond donors (Lipinski definition) is 2. The van der Waals surface area contributed by atoms with E-state index in [4.69, 9.17) is 5.11 Å². The molecule has 15 heavy (non-hydrogen) atoms. The summed E-state index contributed by atoms with van der Waals surface area (Å²) < 4.78 is 0. The fraction of sp³-hybridized carbons (Fsp3) is 0.444. The predicted octanol–water partition coefficient (Wildman–Crippen LogP) is 0.952. The minimum atomic E-state index is -0.930. The molecule has 2 N–H and O–H groups in total. The number of aromatic amines is 1. The zero-order valence-electron chi connectivity index (χ0n) is 8.70. The molecule has 5 nitrogen and oxygen atoms in total. The highest BCUT2D eigenvalue weighted by atomic mass is 32.2. The van der Waals surface area contributed by atoms with Gasteiger partial charge in [0.25, 0.3) is 5.56 Å². The van der Waals surface area contributed by atoms with Crippen LogP contribution in [0.4, 0.5) is 0 Å². The van der Waals surface area contributed by atoms with Gasteiger partial charge in [0.15, 0.2) is 5.16 Å². The molecule has 1 aromatic rings. The SMILES string of the molecule is Cc1nc(S[C@H](C)C(=O)O)[nH]c(=O)c1C. The maximum Gasteiger partial charge on any atom is 0.316 e. The van der Waals surface area contributed by atoms with Gasteiger partial charge < -0.3 is 10.1 Å². The maximum atomic E-state index is 11.4. The lowest BCUT2D eigenvalue weighted by Crippen LogP contribution is -2.17. The van der Waals surface area contributed by atoms with E-state index in [1.54, 1.807) is 20.8 Å². The van der Waals surface area contributed by atoms with Crippen molar-refractivity contribution in [3.05, 3.63) is 21.6 Å². The van der Waals surface area contributed by atoms with Gasteiger partial charge in [0.2, 0.25) is 0 Å². The molecule has 6 heteroatoms. The fourth-order valence-corrected chi connectivity index (χ4v) is 1.67. The number of hydrogen-bond acceptors (Lipinski definition) is 4. The molecule has 0 radical (unpaired) electrons. The van der Waals surface area contributed by atoms with Crippen molar-refractivity contribution in [2.24, 2.45) is 0 Å². The molecule has 0 aliphatic heterocycles. The Balaban J connectivity index is 2.98. The lowest BCUT2D eigenvalue weighted by Gasteiger charge is -2.06. The zero-order valence-corrected chi connectivity index (χ0v) is 9.51. The molecule has 0 saturated heterocycles. The van der Waals surface area contributed by atoms with Crippen molar-refractivity contribution < 1.29 is 9.90 Å². The van der Waals surface area contributed by atoms with Crippen LogP contribution in [0.25, 0.3) is 0 Å². The van der Waals surface area contributed by atoms with Crippen LogP contribution in [0.5, 0.6) is 0 Å². The van der Waals surface area contributed by atoms with E-state index in [-0.39, 0.29) is 5.56 Å². The van der Waals surface area contributed by atoms with E-state index in [0.717, 1.165) is 11.8 Å². The second-order valence-corrected chi connectivity index (χ2v) is 4.51. The molecule has 0 amide bonds. The summed E-state index contributed by atoms with van der Waals surface area (Å²) in [5.74, 6) is -0.930. The van der Waals surface area contributed by atoms with Crippen LogP contribution in [-0.4, -0.2) is 26.3 Å². The van der Waals surface area contributed by atoms with Crippen LogP contribution in [0.1, 0.15) is 18.2 Å². The molecular weight excluding hydrogens is 216 g/mol. The van der Waals surface area contributed by atoms with Crippen molar-refractivity contribution in [1.29, 1.82) is 0 Å². The summed E-state index contributed by atoms with van der Waals surface area (Å²) in [6.07, 6.45) is 0. The molecule has 0 spiro atoms. The number of carboxylic acid groups (broad SMARTS) is 1. The lowest BCUT2D eigenvalue weighted by molar-refractivity contribution is -0.136. The number of thioether (sulfide) groups is 1. The Hall–Kier alpha value is -1.30. The summed E-state index contributed by atoms with van der Waals surface area (Å²) in [5, 5.41) is 8.41. The number of aryl methyl sites for hydroxylation is 1. The minimum Gasteiger partial charge on any atom is -0.480 e. The normalized spacial score (nSPS) is 12.5. The summed E-state index contributed by atoms with van der Waals surface area (Å²) in [7, 11) is 0. The molecule has 82 valence electrons. The first-order valence-electron chi connectivity index (χ1n) is 4.38. The number of nitrogens with zero attached hydrogens (tertiary/aromatic N) is 1. The predicted molar refractivity (Wildman–Crippen MR) is 57.3 cm³/mol. The van der Waals surface area contributed by atoms with Gasteiger partial charge >= 0.3 is 5.97 Å². The molecule has 0 unspecified atom stereocenters. The lowest BCUT2D eigenvalue weighted by atomic mass is 10.3. The number of aliphatic carboxylic acids is 1. The van der Waals surface area contributed by atoms with E-state index in [1.165, 1.54) is 0 Å². The van der Waals surface area contributed by atoms with Gasteiger partial charge in [-0.1, -0.05) is 11.8 Å². The number of nitrogens with one attached hydrogen (secondary N) is 1. The first-order valence-corrected chi connectivity index (χ1v) is 5.26. The molecule has 1 aromatic heterocycles. The monoisotopic (exact) mass is 228 g/mol. The number of carboxylic acids is 1. The summed E-state index contributed by atoms with van der Waals surface area (Å²) in [4.78, 5) is 28.6. The van der Waals surface area contributed by atoms with Crippen molar-refractivity contribution in [3.8, 4) is 0 Å². The first-order chi connectivity index (χ1) is 6.91. The molecule has 0 aliphatic carbocycles. The number of aromatic nitrogens is 2. The second-order valence-electron chi connectivity index (χ2n) is 3.18. The van der Waals surface area contributed by atoms with E-state index in [0.29, 0.717) is 16.4 Å². The van der Waals surface area contributed by atoms with Gasteiger partial charge in [-0.2, -0.15) is 0 Å². The van der Waals surface area contributed by atoms with E-state index in [9.17, 15) is 9.59 Å². The van der Waals surface area contributed by atoms with Gasteiger partial charge in [0, 0.05) is 11.3 Å². The van der Waals surface area contributed by atoms with Gasteiger partial charge in [-0.15, -0.1) is 0 Å². The number of H-pyrrole nitrogens is 1. The van der Waals surface area contributed by atoms with Crippen LogP contribution < -0.4 is 5.56 Å². The third-order valence-electron chi connectivity index (χ3n) is 2.01.